The van der Waals surface area contributed by atoms with Crippen LogP contribution in [0.5, 0.6) is 5.75 Å². The van der Waals surface area contributed by atoms with E-state index in [1.807, 2.05) is 0 Å². The molecule has 2 fully saturated rings. The number of nitrogens with zero attached hydrogens (tertiary/aromatic N) is 4. The van der Waals surface area contributed by atoms with E-state index >= 15 is 0 Å². The van der Waals surface area contributed by atoms with E-state index < -0.39 is 0 Å². The lowest BCUT2D eigenvalue weighted by Crippen LogP contribution is -2.41. The minimum absolute atomic E-state index is 0.388. The average molecular weight is 297 g/mol. The van der Waals surface area contributed by atoms with E-state index in [9.17, 15) is 0 Å². The quantitative estimate of drug-likeness (QED) is 0.800. The number of ether oxygens (including phenoxy) is 1. The molecule has 2 saturated heterocycles. The van der Waals surface area contributed by atoms with Crippen LogP contribution in [0.2, 0.25) is 5.15 Å². The molecular formula is C14H21ClN4O. The van der Waals surface area contributed by atoms with Crippen molar-refractivity contribution < 1.29 is 4.74 Å². The minimum atomic E-state index is 0.388. The number of hydrogen-bond donors (Lipinski definition) is 0. The summed E-state index contributed by atoms with van der Waals surface area (Å²) in [7, 11) is 1.62. The maximum Gasteiger partial charge on any atom is 0.199 e. The van der Waals surface area contributed by atoms with Crippen LogP contribution in [0, 0.1) is 0 Å². The number of aromatic nitrogens is 2. The summed E-state index contributed by atoms with van der Waals surface area (Å²) in [4.78, 5) is 13.2. The summed E-state index contributed by atoms with van der Waals surface area (Å²) in [6, 6.07) is 0.633. The maximum absolute atomic E-state index is 6.08. The van der Waals surface area contributed by atoms with Crippen LogP contribution in [0.25, 0.3) is 0 Å². The van der Waals surface area contributed by atoms with E-state index in [4.69, 9.17) is 16.3 Å². The number of methoxy groups -OCH3 is 1. The average Bonchev–Trinajstić information content (AvgIpc) is 2.97. The lowest BCUT2D eigenvalue weighted by atomic mass is 10.1. The normalized spacial score (nSPS) is 24.1. The molecule has 6 heteroatoms. The Balaban J connectivity index is 1.72. The lowest BCUT2D eigenvalue weighted by molar-refractivity contribution is 0.174. The van der Waals surface area contributed by atoms with Gasteiger partial charge in [-0.3, -0.25) is 4.90 Å². The highest BCUT2D eigenvalue weighted by Crippen LogP contribution is 2.34. The SMILES string of the molecule is COc1c(Cl)ncnc1N1CCC(N2CCCCC2)C1. The first-order chi connectivity index (χ1) is 9.79. The summed E-state index contributed by atoms with van der Waals surface area (Å²) in [5.74, 6) is 1.42. The highest BCUT2D eigenvalue weighted by atomic mass is 35.5. The molecule has 1 aromatic heterocycles. The van der Waals surface area contributed by atoms with Crippen LogP contribution in [0.4, 0.5) is 5.82 Å². The molecule has 2 aliphatic heterocycles. The van der Waals surface area contributed by atoms with Gasteiger partial charge < -0.3 is 9.64 Å². The van der Waals surface area contributed by atoms with Gasteiger partial charge in [-0.25, -0.2) is 9.97 Å². The third kappa shape index (κ3) is 2.69. The van der Waals surface area contributed by atoms with Gasteiger partial charge in [0.25, 0.3) is 0 Å². The summed E-state index contributed by atoms with van der Waals surface area (Å²) in [6.07, 6.45) is 6.74. The van der Waals surface area contributed by atoms with Gasteiger partial charge in [-0.05, 0) is 32.4 Å². The standard InChI is InChI=1S/C14H21ClN4O/c1-20-12-13(15)16-10-17-14(12)19-8-5-11(9-19)18-6-3-2-4-7-18/h10-11H,2-9H2,1H3. The molecule has 0 radical (unpaired) electrons. The van der Waals surface area contributed by atoms with Crippen molar-refractivity contribution in [1.29, 1.82) is 0 Å². The molecule has 0 saturated carbocycles. The van der Waals surface area contributed by atoms with Gasteiger partial charge in [0.2, 0.25) is 0 Å². The van der Waals surface area contributed by atoms with Gasteiger partial charge in [-0.2, -0.15) is 0 Å². The summed E-state index contributed by atoms with van der Waals surface area (Å²) < 4.78 is 5.36. The molecule has 5 nitrogen and oxygen atoms in total. The number of anilines is 1. The van der Waals surface area contributed by atoms with E-state index in [1.165, 1.54) is 45.1 Å². The zero-order valence-electron chi connectivity index (χ0n) is 11.9. The predicted octanol–water partition coefficient (Wildman–Crippen LogP) is 2.20. The molecule has 3 heterocycles. The van der Waals surface area contributed by atoms with Crippen LogP contribution in [0.15, 0.2) is 6.33 Å². The van der Waals surface area contributed by atoms with Crippen molar-refractivity contribution in [3.05, 3.63) is 11.5 Å². The molecule has 0 N–H and O–H groups in total. The largest absolute Gasteiger partial charge is 0.490 e. The Hall–Kier alpha value is -1.07. The zero-order chi connectivity index (χ0) is 13.9. The number of likely N-dealkylation sites (tertiary alicyclic amines) is 1. The predicted molar refractivity (Wildman–Crippen MR) is 79.6 cm³/mol. The van der Waals surface area contributed by atoms with Gasteiger partial charge in [0.05, 0.1) is 7.11 Å². The van der Waals surface area contributed by atoms with Gasteiger partial charge in [0, 0.05) is 19.1 Å². The van der Waals surface area contributed by atoms with E-state index in [1.54, 1.807) is 7.11 Å². The number of hydrogen-bond acceptors (Lipinski definition) is 5. The maximum atomic E-state index is 6.08. The van der Waals surface area contributed by atoms with Gasteiger partial charge in [-0.15, -0.1) is 0 Å². The van der Waals surface area contributed by atoms with Crippen LogP contribution in [-0.4, -0.2) is 54.2 Å². The highest BCUT2D eigenvalue weighted by Gasteiger charge is 2.31. The smallest absolute Gasteiger partial charge is 0.199 e. The van der Waals surface area contributed by atoms with Crippen LogP contribution >= 0.6 is 11.6 Å². The van der Waals surface area contributed by atoms with Crippen LogP contribution in [0.1, 0.15) is 25.7 Å². The molecule has 0 spiro atoms. The Bertz CT molecular complexity index is 464. The van der Waals surface area contributed by atoms with Crippen LogP contribution in [-0.2, 0) is 0 Å². The molecule has 0 aromatic carbocycles. The molecule has 1 unspecified atom stereocenters. The number of halogens is 1. The Morgan fingerprint density at radius 3 is 2.75 bits per heavy atom. The Labute approximate surface area is 124 Å². The summed E-state index contributed by atoms with van der Waals surface area (Å²) in [5.41, 5.74) is 0. The topological polar surface area (TPSA) is 41.5 Å². The van der Waals surface area contributed by atoms with E-state index in [-0.39, 0.29) is 0 Å². The van der Waals surface area contributed by atoms with E-state index in [2.05, 4.69) is 19.8 Å². The molecule has 3 rings (SSSR count). The fourth-order valence-corrected chi connectivity index (χ4v) is 3.47. The molecule has 1 aromatic rings. The first-order valence-electron chi connectivity index (χ1n) is 7.33. The van der Waals surface area contributed by atoms with Crippen molar-refractivity contribution in [3.63, 3.8) is 0 Å². The Kier molecular flexibility index (Phi) is 4.27. The molecule has 110 valence electrons. The summed E-state index contributed by atoms with van der Waals surface area (Å²) in [6.45, 7) is 4.48. The second kappa shape index (κ2) is 6.14. The Morgan fingerprint density at radius 2 is 2.00 bits per heavy atom. The van der Waals surface area contributed by atoms with Crippen molar-refractivity contribution in [2.24, 2.45) is 0 Å². The third-order valence-corrected chi connectivity index (χ3v) is 4.58. The van der Waals surface area contributed by atoms with Crippen LogP contribution in [0.3, 0.4) is 0 Å². The second-order valence-corrected chi connectivity index (χ2v) is 5.86. The number of piperidine rings is 1. The second-order valence-electron chi connectivity index (χ2n) is 5.51. The monoisotopic (exact) mass is 296 g/mol. The zero-order valence-corrected chi connectivity index (χ0v) is 12.6. The number of rotatable bonds is 3. The van der Waals surface area contributed by atoms with Gasteiger partial charge >= 0.3 is 0 Å². The van der Waals surface area contributed by atoms with E-state index in [0.29, 0.717) is 16.9 Å². The fraction of sp³-hybridized carbons (Fsp3) is 0.714. The summed E-state index contributed by atoms with van der Waals surface area (Å²) >= 11 is 6.08. The van der Waals surface area contributed by atoms with Crippen molar-refractivity contribution in [2.75, 3.05) is 38.2 Å². The third-order valence-electron chi connectivity index (χ3n) is 4.32. The molecule has 1 atom stereocenters. The molecule has 20 heavy (non-hydrogen) atoms. The first-order valence-corrected chi connectivity index (χ1v) is 7.71. The molecule has 0 amide bonds. The van der Waals surface area contributed by atoms with Gasteiger partial charge in [-0.1, -0.05) is 18.0 Å². The first kappa shape index (κ1) is 13.9. The minimum Gasteiger partial charge on any atom is -0.490 e. The fourth-order valence-electron chi connectivity index (χ4n) is 3.26. The van der Waals surface area contributed by atoms with Gasteiger partial charge in [0.15, 0.2) is 16.7 Å². The molecule has 2 aliphatic rings. The highest BCUT2D eigenvalue weighted by molar-refractivity contribution is 6.31. The molecular weight excluding hydrogens is 276 g/mol. The van der Waals surface area contributed by atoms with Crippen LogP contribution < -0.4 is 9.64 Å². The van der Waals surface area contributed by atoms with Crippen molar-refractivity contribution in [3.8, 4) is 5.75 Å². The van der Waals surface area contributed by atoms with Crippen molar-refractivity contribution in [1.82, 2.24) is 14.9 Å². The molecule has 0 aliphatic carbocycles. The Morgan fingerprint density at radius 1 is 1.20 bits per heavy atom. The van der Waals surface area contributed by atoms with Crippen molar-refractivity contribution >= 4 is 17.4 Å². The summed E-state index contributed by atoms with van der Waals surface area (Å²) in [5, 5.41) is 0.388. The lowest BCUT2D eigenvalue weighted by Gasteiger charge is -2.32. The van der Waals surface area contributed by atoms with Gasteiger partial charge in [0.1, 0.15) is 6.33 Å². The molecule has 0 bridgehead atoms. The van der Waals surface area contributed by atoms with Crippen molar-refractivity contribution in [2.45, 2.75) is 31.7 Å². The van der Waals surface area contributed by atoms with E-state index in [0.717, 1.165) is 18.9 Å².